The van der Waals surface area contributed by atoms with E-state index in [1.807, 2.05) is 32.0 Å². The van der Waals surface area contributed by atoms with E-state index in [0.29, 0.717) is 17.8 Å². The molecule has 324 valence electrons. The molecule has 0 aliphatic carbocycles. The van der Waals surface area contributed by atoms with E-state index in [0.717, 1.165) is 6.92 Å². The van der Waals surface area contributed by atoms with Gasteiger partial charge in [0.05, 0.1) is 42.3 Å². The summed E-state index contributed by atoms with van der Waals surface area (Å²) in [6.07, 6.45) is -2.36. The van der Waals surface area contributed by atoms with Crippen LogP contribution in [-0.4, -0.2) is 146 Å². The van der Waals surface area contributed by atoms with Crippen molar-refractivity contribution in [3.8, 4) is 23.2 Å². The van der Waals surface area contributed by atoms with E-state index >= 15 is 4.39 Å². The Bertz CT molecular complexity index is 1900. The Balaban J connectivity index is 1.50. The zero-order valence-corrected chi connectivity index (χ0v) is 35.9. The number of methoxy groups -OCH3 is 1. The molecule has 17 heteroatoms. The third-order valence-corrected chi connectivity index (χ3v) is 12.3. The Morgan fingerprint density at radius 1 is 1.03 bits per heavy atom. The van der Waals surface area contributed by atoms with Crippen molar-refractivity contribution in [3.63, 3.8) is 0 Å². The average molecular weight is 827 g/mol. The molecular formula is C42H59FN6O10. The van der Waals surface area contributed by atoms with Crippen LogP contribution in [0.15, 0.2) is 30.6 Å². The van der Waals surface area contributed by atoms with Crippen molar-refractivity contribution >= 4 is 23.6 Å². The van der Waals surface area contributed by atoms with Crippen molar-refractivity contribution in [1.82, 2.24) is 29.8 Å². The van der Waals surface area contributed by atoms with Crippen LogP contribution < -0.4 is 0 Å². The fourth-order valence-corrected chi connectivity index (χ4v) is 8.93. The quantitative estimate of drug-likeness (QED) is 0.231. The minimum absolute atomic E-state index is 0.0362. The van der Waals surface area contributed by atoms with Gasteiger partial charge in [0.2, 0.25) is 0 Å². The van der Waals surface area contributed by atoms with Crippen LogP contribution in [0.4, 0.5) is 9.18 Å². The Morgan fingerprint density at radius 3 is 2.36 bits per heavy atom. The molecule has 1 N–H and O–H groups in total. The third kappa shape index (κ3) is 9.22. The van der Waals surface area contributed by atoms with E-state index in [1.165, 1.54) is 23.6 Å². The summed E-state index contributed by atoms with van der Waals surface area (Å²) in [5, 5.41) is 19.7. The second kappa shape index (κ2) is 18.1. The number of cyclic esters (lactones) is 1. The molecule has 5 rings (SSSR count). The fourth-order valence-electron chi connectivity index (χ4n) is 8.93. The van der Waals surface area contributed by atoms with Gasteiger partial charge in [-0.15, -0.1) is 5.10 Å². The number of aromatic nitrogens is 4. The number of hydrogen-bond donors (Lipinski definition) is 1. The number of Topliss-reactive ketones (excluding diaryl/α,β-unsaturated/α-hetero) is 2. The summed E-state index contributed by atoms with van der Waals surface area (Å²) < 4.78 is 48.8. The first-order valence-electron chi connectivity index (χ1n) is 20.2. The zero-order valence-electron chi connectivity index (χ0n) is 35.9. The van der Waals surface area contributed by atoms with Gasteiger partial charge in [-0.1, -0.05) is 50.8 Å². The lowest BCUT2D eigenvalue weighted by atomic mass is 9.73. The summed E-state index contributed by atoms with van der Waals surface area (Å²) in [5.74, 6) is -0.0792. The number of pyridine rings is 1. The average Bonchev–Trinajstić information content (AvgIpc) is 3.78. The lowest BCUT2D eigenvalue weighted by Gasteiger charge is -2.47. The van der Waals surface area contributed by atoms with Crippen LogP contribution in [0, 0.1) is 29.6 Å². The van der Waals surface area contributed by atoms with Crippen molar-refractivity contribution in [1.29, 1.82) is 0 Å². The van der Waals surface area contributed by atoms with E-state index in [2.05, 4.69) is 27.1 Å². The molecular weight excluding hydrogens is 767 g/mol. The van der Waals surface area contributed by atoms with Crippen LogP contribution in [-0.2, 0) is 44.6 Å². The molecule has 3 aliphatic rings. The first-order valence-corrected chi connectivity index (χ1v) is 20.2. The molecule has 3 unspecified atom stereocenters. The number of ether oxygens (including phenoxy) is 5. The lowest BCUT2D eigenvalue weighted by Crippen LogP contribution is -2.61. The van der Waals surface area contributed by atoms with Gasteiger partial charge in [0.15, 0.2) is 17.7 Å². The van der Waals surface area contributed by atoms with Crippen LogP contribution in [0.2, 0.25) is 0 Å². The maximum absolute atomic E-state index is 16.9. The third-order valence-electron chi connectivity index (χ3n) is 12.3. The molecule has 3 aliphatic heterocycles. The van der Waals surface area contributed by atoms with Crippen LogP contribution >= 0.6 is 0 Å². The number of rotatable bonds is 8. The van der Waals surface area contributed by atoms with Crippen molar-refractivity contribution in [2.75, 3.05) is 27.7 Å². The van der Waals surface area contributed by atoms with Gasteiger partial charge in [0.1, 0.15) is 30.2 Å². The number of ketones is 2. The predicted molar refractivity (Wildman–Crippen MR) is 211 cm³/mol. The standard InChI is InChI=1S/C42H59FN6O10/c1-12-31-42(8)34(49(39(54)59-42)20-16-15-19-48-23-29(45-46-48)28-17-13-14-18-44-28)26(4)32(50)24(2)22-40(6,55-11)36(27(5)35(52)41(7,43)38(53)57-31)58-37-33(51)30(47(9)10)21-25(3)56-37/h13-14,17-18,23-27,30-31,33-34,36-37,51H,12,19-22H2,1-11H3/t24-,25?,26+,27+,30?,31-,33?,34-,36-,37+,40-,41+,42-/m1/s1. The maximum atomic E-state index is 16.9. The highest BCUT2D eigenvalue weighted by atomic mass is 19.1. The molecule has 13 atom stereocenters. The maximum Gasteiger partial charge on any atom is 0.411 e. The van der Waals surface area contributed by atoms with Gasteiger partial charge in [0, 0.05) is 37.1 Å². The molecule has 0 aromatic carbocycles. The predicted octanol–water partition coefficient (Wildman–Crippen LogP) is 3.64. The largest absolute Gasteiger partial charge is 0.455 e. The van der Waals surface area contributed by atoms with Crippen molar-refractivity contribution < 1.29 is 52.4 Å². The van der Waals surface area contributed by atoms with Crippen molar-refractivity contribution in [2.24, 2.45) is 17.8 Å². The number of nitrogens with zero attached hydrogens (tertiary/aromatic N) is 6. The molecule has 59 heavy (non-hydrogen) atoms. The number of aliphatic hydroxyl groups is 1. The first-order chi connectivity index (χ1) is 27.7. The number of carbonyl (C=O) groups is 4. The van der Waals surface area contributed by atoms with Gasteiger partial charge in [-0.3, -0.25) is 19.5 Å². The van der Waals surface area contributed by atoms with E-state index in [4.69, 9.17) is 23.7 Å². The number of carbonyl (C=O) groups excluding carboxylic acids is 4. The van der Waals surface area contributed by atoms with Gasteiger partial charge < -0.3 is 33.7 Å². The molecule has 0 bridgehead atoms. The minimum Gasteiger partial charge on any atom is -0.455 e. The lowest BCUT2D eigenvalue weighted by molar-refractivity contribution is -0.295. The molecule has 3 fully saturated rings. The molecule has 5 heterocycles. The first kappa shape index (κ1) is 45.7. The highest BCUT2D eigenvalue weighted by Gasteiger charge is 2.61. The van der Waals surface area contributed by atoms with E-state index < -0.39 is 83.1 Å². The molecule has 2 aromatic heterocycles. The highest BCUT2D eigenvalue weighted by molar-refractivity contribution is 6.08. The minimum atomic E-state index is -3.21. The molecule has 2 aromatic rings. The second-order valence-corrected chi connectivity index (χ2v) is 16.9. The number of alkyl halides is 1. The summed E-state index contributed by atoms with van der Waals surface area (Å²) >= 11 is 0. The van der Waals surface area contributed by atoms with E-state index in [-0.39, 0.29) is 43.9 Å². The smallest absolute Gasteiger partial charge is 0.411 e. The number of likely N-dealkylation sites (N-methyl/N-ethyl adjacent to an activating group) is 1. The van der Waals surface area contributed by atoms with Gasteiger partial charge in [0.25, 0.3) is 5.67 Å². The normalized spacial score (nSPS) is 37.3. The topological polar surface area (TPSA) is 185 Å². The molecule has 16 nitrogen and oxygen atoms in total. The van der Waals surface area contributed by atoms with Crippen molar-refractivity contribution in [3.05, 3.63) is 30.6 Å². The number of aliphatic hydroxyl groups excluding tert-OH is 1. The number of fused-ring (bicyclic) bond motifs is 1. The Labute approximate surface area is 345 Å². The molecule has 0 saturated carbocycles. The van der Waals surface area contributed by atoms with Gasteiger partial charge in [-0.2, -0.15) is 0 Å². The summed E-state index contributed by atoms with van der Waals surface area (Å²) in [6.45, 7) is 12.2. The molecule has 3 saturated heterocycles. The van der Waals surface area contributed by atoms with E-state index in [1.54, 1.807) is 59.1 Å². The Morgan fingerprint density at radius 2 is 1.73 bits per heavy atom. The van der Waals surface area contributed by atoms with Crippen LogP contribution in [0.25, 0.3) is 11.4 Å². The van der Waals surface area contributed by atoms with Gasteiger partial charge in [-0.25, -0.2) is 18.7 Å². The monoisotopic (exact) mass is 826 g/mol. The van der Waals surface area contributed by atoms with E-state index in [9.17, 15) is 24.3 Å². The van der Waals surface area contributed by atoms with Gasteiger partial charge >= 0.3 is 12.1 Å². The van der Waals surface area contributed by atoms with Crippen molar-refractivity contribution in [2.45, 2.75) is 141 Å². The second-order valence-electron chi connectivity index (χ2n) is 16.9. The fraction of sp³-hybridized carbons (Fsp3) is 0.690. The van der Waals surface area contributed by atoms with Crippen LogP contribution in [0.1, 0.15) is 74.7 Å². The Kier molecular flexibility index (Phi) is 14.0. The molecule has 0 radical (unpaired) electrons. The summed E-state index contributed by atoms with van der Waals surface area (Å²) in [4.78, 5) is 64.0. The SMILES string of the molecule is CC[C@H]1OC(=O)[C@@](C)(F)C(=O)[C@H](C)[C@@H](O[C@@H]2OC(C)CC(N(C)C)C2O)[C@](C)(OC)C[C@@H](C)C(=O)[C@H](C)[C@H]2N(CC#CCn3cc(-c4ccccn4)nn3)C(=O)O[C@]12C. The Hall–Kier alpha value is -4.34. The molecule has 0 spiro atoms. The van der Waals surface area contributed by atoms with Gasteiger partial charge in [-0.05, 0) is 73.2 Å². The van der Waals surface area contributed by atoms with Crippen LogP contribution in [0.5, 0.6) is 0 Å². The summed E-state index contributed by atoms with van der Waals surface area (Å²) in [5.41, 5.74) is -5.15. The summed E-state index contributed by atoms with van der Waals surface area (Å²) in [7, 11) is 5.01. The van der Waals surface area contributed by atoms with Crippen LogP contribution in [0.3, 0.4) is 0 Å². The number of hydrogen-bond acceptors (Lipinski definition) is 14. The molecule has 1 amide bonds. The zero-order chi connectivity index (χ0) is 43.6. The number of esters is 1. The highest BCUT2D eigenvalue weighted by Crippen LogP contribution is 2.43. The number of amides is 1. The summed E-state index contributed by atoms with van der Waals surface area (Å²) in [6, 6.07) is 4.02. The number of halogens is 1.